The fourth-order valence-corrected chi connectivity index (χ4v) is 5.05. The van der Waals surface area contributed by atoms with E-state index in [2.05, 4.69) is 5.43 Å². The zero-order valence-electron chi connectivity index (χ0n) is 23.2. The predicted octanol–water partition coefficient (Wildman–Crippen LogP) is 6.93. The van der Waals surface area contributed by atoms with E-state index in [1.165, 1.54) is 5.01 Å². The molecule has 0 aromatic heterocycles. The minimum atomic E-state index is -0.155. The van der Waals surface area contributed by atoms with E-state index in [0.29, 0.717) is 39.3 Å². The molecule has 42 heavy (non-hydrogen) atoms. The third-order valence-corrected chi connectivity index (χ3v) is 7.42. The third-order valence-electron chi connectivity index (χ3n) is 7.42. The Morgan fingerprint density at radius 1 is 0.643 bits per heavy atom. The smallest absolute Gasteiger partial charge is 0.268 e. The van der Waals surface area contributed by atoms with Gasteiger partial charge in [-0.25, -0.2) is 5.43 Å². The SMILES string of the molecule is Cc1ccc(C(=O)c2ccc(C(=O)c3ccc(Oc4ccc(C5NN(C)C(=O)c6ccccc65)cc4)cc3)cc2)cc1. The zero-order chi connectivity index (χ0) is 29.2. The Bertz CT molecular complexity index is 1780. The molecule has 1 unspecified atom stereocenters. The van der Waals surface area contributed by atoms with Crippen LogP contribution in [0.3, 0.4) is 0 Å². The molecule has 5 aromatic rings. The van der Waals surface area contributed by atoms with E-state index < -0.39 is 0 Å². The van der Waals surface area contributed by atoms with Crippen LogP contribution < -0.4 is 10.2 Å². The second kappa shape index (κ2) is 11.3. The summed E-state index contributed by atoms with van der Waals surface area (Å²) in [6, 6.07) is 36.3. The number of fused-ring (bicyclic) bond motifs is 1. The van der Waals surface area contributed by atoms with Gasteiger partial charge in [-0.2, -0.15) is 0 Å². The van der Waals surface area contributed by atoms with Gasteiger partial charge in [-0.05, 0) is 60.5 Å². The number of nitrogens with one attached hydrogen (secondary N) is 1. The van der Waals surface area contributed by atoms with Gasteiger partial charge >= 0.3 is 0 Å². The number of rotatable bonds is 7. The third kappa shape index (κ3) is 5.36. The van der Waals surface area contributed by atoms with Crippen molar-refractivity contribution in [3.8, 4) is 11.5 Å². The van der Waals surface area contributed by atoms with Gasteiger partial charge in [0.15, 0.2) is 11.6 Å². The van der Waals surface area contributed by atoms with Crippen LogP contribution in [0.1, 0.15) is 64.9 Å². The number of nitrogens with zero attached hydrogens (tertiary/aromatic N) is 1. The van der Waals surface area contributed by atoms with Gasteiger partial charge in [0.1, 0.15) is 11.5 Å². The van der Waals surface area contributed by atoms with Gasteiger partial charge in [-0.3, -0.25) is 19.4 Å². The van der Waals surface area contributed by atoms with Crippen LogP contribution in [-0.2, 0) is 0 Å². The molecule has 0 fully saturated rings. The van der Waals surface area contributed by atoms with Gasteiger partial charge in [0.2, 0.25) is 0 Å². The van der Waals surface area contributed by atoms with E-state index >= 15 is 0 Å². The average Bonchev–Trinajstić information content (AvgIpc) is 3.03. The first kappa shape index (κ1) is 26.9. The summed E-state index contributed by atoms with van der Waals surface area (Å²) >= 11 is 0. The highest BCUT2D eigenvalue weighted by Crippen LogP contribution is 2.31. The van der Waals surface area contributed by atoms with Gasteiger partial charge in [0.25, 0.3) is 5.91 Å². The van der Waals surface area contributed by atoms with E-state index in [9.17, 15) is 14.4 Å². The Labute approximate surface area is 244 Å². The minimum Gasteiger partial charge on any atom is -0.457 e. The van der Waals surface area contributed by atoms with Crippen molar-refractivity contribution in [3.05, 3.63) is 166 Å². The lowest BCUT2D eigenvalue weighted by Gasteiger charge is -2.33. The Balaban J connectivity index is 1.11. The fraction of sp³-hybridized carbons (Fsp3) is 0.0833. The van der Waals surface area contributed by atoms with Crippen molar-refractivity contribution in [2.75, 3.05) is 7.05 Å². The molecule has 1 aliphatic rings. The van der Waals surface area contributed by atoms with Gasteiger partial charge in [-0.1, -0.05) is 84.4 Å². The normalized spacial score (nSPS) is 14.3. The Morgan fingerprint density at radius 2 is 1.10 bits per heavy atom. The van der Waals surface area contributed by atoms with Crippen LogP contribution in [0, 0.1) is 6.92 Å². The van der Waals surface area contributed by atoms with E-state index in [0.717, 1.165) is 16.7 Å². The van der Waals surface area contributed by atoms with Crippen LogP contribution in [0.4, 0.5) is 0 Å². The van der Waals surface area contributed by atoms with Crippen molar-refractivity contribution >= 4 is 17.5 Å². The maximum atomic E-state index is 13.1. The summed E-state index contributed by atoms with van der Waals surface area (Å²) in [5.74, 6) is 0.980. The van der Waals surface area contributed by atoms with Crippen LogP contribution in [-0.4, -0.2) is 29.5 Å². The highest BCUT2D eigenvalue weighted by molar-refractivity contribution is 6.11. The van der Waals surface area contributed by atoms with Gasteiger partial charge in [-0.15, -0.1) is 0 Å². The lowest BCUT2D eigenvalue weighted by Crippen LogP contribution is -2.46. The quantitative estimate of drug-likeness (QED) is 0.222. The lowest BCUT2D eigenvalue weighted by atomic mass is 9.93. The molecular formula is C36H28N2O4. The Morgan fingerprint density at radius 3 is 1.64 bits per heavy atom. The average molecular weight is 553 g/mol. The number of hydrogen-bond acceptors (Lipinski definition) is 5. The summed E-state index contributed by atoms with van der Waals surface area (Å²) in [5, 5.41) is 1.51. The minimum absolute atomic E-state index is 0.0611. The summed E-state index contributed by atoms with van der Waals surface area (Å²) in [6.45, 7) is 1.98. The highest BCUT2D eigenvalue weighted by atomic mass is 16.5. The van der Waals surface area contributed by atoms with Crippen LogP contribution in [0.15, 0.2) is 121 Å². The first-order valence-electron chi connectivity index (χ1n) is 13.6. The van der Waals surface area contributed by atoms with Crippen LogP contribution >= 0.6 is 0 Å². The number of aryl methyl sites for hydroxylation is 1. The maximum Gasteiger partial charge on any atom is 0.268 e. The van der Waals surface area contributed by atoms with Crippen molar-refractivity contribution in [2.45, 2.75) is 13.0 Å². The zero-order valence-corrected chi connectivity index (χ0v) is 23.2. The molecule has 6 nitrogen and oxygen atoms in total. The number of carbonyl (C=O) groups is 3. The molecule has 1 N–H and O–H groups in total. The monoisotopic (exact) mass is 552 g/mol. The maximum absolute atomic E-state index is 13.1. The summed E-state index contributed by atoms with van der Waals surface area (Å²) in [7, 11) is 1.72. The molecule has 0 radical (unpaired) electrons. The van der Waals surface area contributed by atoms with Gasteiger partial charge in [0, 0.05) is 34.9 Å². The largest absolute Gasteiger partial charge is 0.457 e. The van der Waals surface area contributed by atoms with Crippen LogP contribution in [0.25, 0.3) is 0 Å². The van der Waals surface area contributed by atoms with Gasteiger partial charge in [0.05, 0.1) is 6.04 Å². The van der Waals surface area contributed by atoms with Crippen molar-refractivity contribution < 1.29 is 19.1 Å². The number of hydrogen-bond donors (Lipinski definition) is 1. The first-order chi connectivity index (χ1) is 20.4. The molecule has 6 heteroatoms. The summed E-state index contributed by atoms with van der Waals surface area (Å²) in [4.78, 5) is 38.3. The number of benzene rings is 5. The predicted molar refractivity (Wildman–Crippen MR) is 161 cm³/mol. The van der Waals surface area contributed by atoms with Crippen molar-refractivity contribution in [2.24, 2.45) is 0 Å². The molecule has 1 amide bonds. The molecule has 1 heterocycles. The van der Waals surface area contributed by atoms with E-state index in [-0.39, 0.29) is 23.5 Å². The second-order valence-corrected chi connectivity index (χ2v) is 10.3. The Hall–Kier alpha value is -5.33. The molecule has 0 saturated heterocycles. The van der Waals surface area contributed by atoms with E-state index in [4.69, 9.17) is 4.74 Å². The Kier molecular flexibility index (Phi) is 7.21. The van der Waals surface area contributed by atoms with Crippen LogP contribution in [0.2, 0.25) is 0 Å². The number of carbonyl (C=O) groups excluding carboxylic acids is 3. The standard InChI is InChI=1S/C36H28N2O4/c1-23-7-9-25(10-8-23)34(39)26-11-13-27(14-12-26)35(40)28-17-21-30(22-18-28)42-29-19-15-24(16-20-29)33-31-5-3-4-6-32(31)36(41)38(2)37-33/h3-22,33,37H,1-2H3. The van der Waals surface area contributed by atoms with Crippen molar-refractivity contribution in [1.82, 2.24) is 10.4 Å². The molecule has 0 aliphatic carbocycles. The summed E-state index contributed by atoms with van der Waals surface area (Å²) < 4.78 is 6.03. The number of ketones is 2. The van der Waals surface area contributed by atoms with Gasteiger partial charge < -0.3 is 4.74 Å². The van der Waals surface area contributed by atoms with E-state index in [1.54, 1.807) is 55.6 Å². The van der Waals surface area contributed by atoms with Crippen molar-refractivity contribution in [3.63, 3.8) is 0 Å². The van der Waals surface area contributed by atoms with E-state index in [1.807, 2.05) is 79.7 Å². The summed E-state index contributed by atoms with van der Waals surface area (Å²) in [5.41, 5.74) is 9.14. The molecule has 5 aromatic carbocycles. The molecule has 206 valence electrons. The molecule has 1 atom stereocenters. The van der Waals surface area contributed by atoms with Crippen molar-refractivity contribution in [1.29, 1.82) is 0 Å². The molecule has 1 aliphatic heterocycles. The summed E-state index contributed by atoms with van der Waals surface area (Å²) in [6.07, 6.45) is 0. The topological polar surface area (TPSA) is 75.7 Å². The molecule has 6 rings (SSSR count). The molecule has 0 bridgehead atoms. The first-order valence-corrected chi connectivity index (χ1v) is 13.6. The second-order valence-electron chi connectivity index (χ2n) is 10.3. The number of hydrazine groups is 1. The number of ether oxygens (including phenoxy) is 1. The molecular weight excluding hydrogens is 524 g/mol. The molecule has 0 spiro atoms. The lowest BCUT2D eigenvalue weighted by molar-refractivity contribution is 0.0663. The van der Waals surface area contributed by atoms with Crippen LogP contribution in [0.5, 0.6) is 11.5 Å². The highest BCUT2D eigenvalue weighted by Gasteiger charge is 2.29. The molecule has 0 saturated carbocycles. The fourth-order valence-electron chi connectivity index (χ4n) is 5.05. The number of amides is 1.